The third-order valence-electron chi connectivity index (χ3n) is 6.77. The molecule has 1 unspecified atom stereocenters. The summed E-state index contributed by atoms with van der Waals surface area (Å²) in [5, 5.41) is 0. The highest BCUT2D eigenvalue weighted by molar-refractivity contribution is 5.13. The van der Waals surface area contributed by atoms with Crippen molar-refractivity contribution in [2.75, 3.05) is 0 Å². The zero-order valence-electron chi connectivity index (χ0n) is 10.8. The summed E-state index contributed by atoms with van der Waals surface area (Å²) in [6, 6.07) is 0. The van der Waals surface area contributed by atoms with Crippen LogP contribution in [-0.4, -0.2) is 0 Å². The molecule has 1 spiro atoms. The van der Waals surface area contributed by atoms with E-state index in [-0.39, 0.29) is 0 Å². The van der Waals surface area contributed by atoms with Crippen LogP contribution in [0.4, 0.5) is 0 Å². The maximum atomic E-state index is 2.57. The molecule has 5 atom stereocenters. The number of hydrogen-bond donors (Lipinski definition) is 0. The highest BCUT2D eigenvalue weighted by Gasteiger charge is 2.64. The molecule has 15 heavy (non-hydrogen) atoms. The first-order valence-electron chi connectivity index (χ1n) is 6.98. The van der Waals surface area contributed by atoms with Crippen LogP contribution < -0.4 is 0 Å². The minimum absolute atomic E-state index is 0.640. The molecule has 3 rings (SSSR count). The highest BCUT2D eigenvalue weighted by atomic mass is 14.7. The molecule has 3 aliphatic rings. The maximum Gasteiger partial charge on any atom is -0.0235 e. The summed E-state index contributed by atoms with van der Waals surface area (Å²) in [6.45, 7) is 10.2. The molecule has 0 heterocycles. The predicted octanol–water partition coefficient (Wildman–Crippen LogP) is 4.49. The molecule has 0 radical (unpaired) electrons. The lowest BCUT2D eigenvalue weighted by Gasteiger charge is -2.39. The van der Waals surface area contributed by atoms with Gasteiger partial charge >= 0.3 is 0 Å². The standard InChI is InChI=1S/C15H26/c1-10-7-8-15-9-12(10)14(3,4)13(15)6-5-11(15)2/h10-13H,5-9H2,1-4H3/t10?,11-,12+,13+,15+/m0/s1. The Labute approximate surface area is 94.8 Å². The molecule has 2 bridgehead atoms. The summed E-state index contributed by atoms with van der Waals surface area (Å²) in [6.07, 6.45) is 7.65. The van der Waals surface area contributed by atoms with Gasteiger partial charge in [-0.3, -0.25) is 0 Å². The van der Waals surface area contributed by atoms with E-state index in [1.165, 1.54) is 19.3 Å². The van der Waals surface area contributed by atoms with Crippen molar-refractivity contribution < 1.29 is 0 Å². The minimum Gasteiger partial charge on any atom is -0.0622 e. The van der Waals surface area contributed by atoms with E-state index >= 15 is 0 Å². The van der Waals surface area contributed by atoms with Crippen molar-refractivity contribution in [1.29, 1.82) is 0 Å². The number of hydrogen-bond acceptors (Lipinski definition) is 0. The van der Waals surface area contributed by atoms with Gasteiger partial charge < -0.3 is 0 Å². The van der Waals surface area contributed by atoms with Crippen LogP contribution >= 0.6 is 0 Å². The van der Waals surface area contributed by atoms with Gasteiger partial charge in [0.05, 0.1) is 0 Å². The van der Waals surface area contributed by atoms with Crippen molar-refractivity contribution in [3.63, 3.8) is 0 Å². The summed E-state index contributed by atoms with van der Waals surface area (Å²) >= 11 is 0. The van der Waals surface area contributed by atoms with Crippen LogP contribution in [-0.2, 0) is 0 Å². The summed E-state index contributed by atoms with van der Waals surface area (Å²) in [4.78, 5) is 0. The van der Waals surface area contributed by atoms with Gasteiger partial charge in [-0.2, -0.15) is 0 Å². The van der Waals surface area contributed by atoms with Gasteiger partial charge in [0.2, 0.25) is 0 Å². The Morgan fingerprint density at radius 2 is 1.73 bits per heavy atom. The average Bonchev–Trinajstić information content (AvgIpc) is 2.57. The Bertz CT molecular complexity index is 278. The third kappa shape index (κ3) is 1.04. The molecule has 0 aliphatic heterocycles. The van der Waals surface area contributed by atoms with Crippen molar-refractivity contribution in [2.24, 2.45) is 34.5 Å². The third-order valence-corrected chi connectivity index (χ3v) is 6.77. The fourth-order valence-electron chi connectivity index (χ4n) is 5.88. The molecule has 0 heteroatoms. The summed E-state index contributed by atoms with van der Waals surface area (Å²) in [5.74, 6) is 4.08. The molecular weight excluding hydrogens is 180 g/mol. The van der Waals surface area contributed by atoms with Gasteiger partial charge in [0.15, 0.2) is 0 Å². The maximum absolute atomic E-state index is 2.57. The molecule has 86 valence electrons. The quantitative estimate of drug-likeness (QED) is 0.547. The van der Waals surface area contributed by atoms with Crippen molar-refractivity contribution >= 4 is 0 Å². The number of fused-ring (bicyclic) bond motifs is 1. The lowest BCUT2D eigenvalue weighted by molar-refractivity contribution is 0.104. The van der Waals surface area contributed by atoms with Crippen molar-refractivity contribution in [1.82, 2.24) is 0 Å². The van der Waals surface area contributed by atoms with E-state index in [2.05, 4.69) is 27.7 Å². The van der Waals surface area contributed by atoms with E-state index in [9.17, 15) is 0 Å². The van der Waals surface area contributed by atoms with Crippen molar-refractivity contribution in [3.8, 4) is 0 Å². The SMILES string of the molecule is CC1CC[C@]23C[C@H]1C(C)(C)[C@H]2CC[C@@H]3C. The van der Waals surface area contributed by atoms with Gasteiger partial charge in [0, 0.05) is 0 Å². The summed E-state index contributed by atoms with van der Waals surface area (Å²) in [5.41, 5.74) is 1.42. The van der Waals surface area contributed by atoms with Crippen molar-refractivity contribution in [2.45, 2.75) is 59.8 Å². The van der Waals surface area contributed by atoms with Gasteiger partial charge in [-0.05, 0) is 66.6 Å². The Hall–Kier alpha value is 0. The van der Waals surface area contributed by atoms with E-state index in [0.29, 0.717) is 5.41 Å². The molecule has 0 aromatic heterocycles. The molecule has 0 saturated heterocycles. The second kappa shape index (κ2) is 2.81. The first kappa shape index (κ1) is 10.2. The Kier molecular flexibility index (Phi) is 1.91. The zero-order valence-corrected chi connectivity index (χ0v) is 10.8. The van der Waals surface area contributed by atoms with E-state index in [1.54, 1.807) is 12.8 Å². The minimum atomic E-state index is 0.640. The molecule has 0 aromatic rings. The summed E-state index contributed by atoms with van der Waals surface area (Å²) < 4.78 is 0. The monoisotopic (exact) mass is 206 g/mol. The van der Waals surface area contributed by atoms with E-state index < -0.39 is 0 Å². The van der Waals surface area contributed by atoms with E-state index in [1.807, 2.05) is 0 Å². The van der Waals surface area contributed by atoms with Crippen LogP contribution in [0.15, 0.2) is 0 Å². The predicted molar refractivity (Wildman–Crippen MR) is 64.6 cm³/mol. The van der Waals surface area contributed by atoms with Crippen LogP contribution in [0.2, 0.25) is 0 Å². The number of rotatable bonds is 0. The van der Waals surface area contributed by atoms with Crippen LogP contribution in [0.1, 0.15) is 59.8 Å². The Morgan fingerprint density at radius 3 is 2.47 bits per heavy atom. The van der Waals surface area contributed by atoms with E-state index in [0.717, 1.165) is 29.1 Å². The second-order valence-corrected chi connectivity index (χ2v) is 7.41. The molecular formula is C15H26. The molecule has 0 N–H and O–H groups in total. The highest BCUT2D eigenvalue weighted by Crippen LogP contribution is 2.72. The lowest BCUT2D eigenvalue weighted by Crippen LogP contribution is -2.30. The Morgan fingerprint density at radius 1 is 1.00 bits per heavy atom. The van der Waals surface area contributed by atoms with Gasteiger partial charge in [-0.1, -0.05) is 27.7 Å². The fraction of sp³-hybridized carbons (Fsp3) is 1.00. The van der Waals surface area contributed by atoms with Crippen LogP contribution in [0.25, 0.3) is 0 Å². The first-order valence-corrected chi connectivity index (χ1v) is 6.98. The fourth-order valence-corrected chi connectivity index (χ4v) is 5.88. The van der Waals surface area contributed by atoms with Gasteiger partial charge in [-0.25, -0.2) is 0 Å². The van der Waals surface area contributed by atoms with E-state index in [4.69, 9.17) is 0 Å². The van der Waals surface area contributed by atoms with Crippen LogP contribution in [0, 0.1) is 34.5 Å². The topological polar surface area (TPSA) is 0 Å². The molecule has 3 saturated carbocycles. The first-order chi connectivity index (χ1) is 6.98. The average molecular weight is 206 g/mol. The molecule has 0 aromatic carbocycles. The Balaban J connectivity index is 2.04. The smallest absolute Gasteiger partial charge is 0.0235 e. The van der Waals surface area contributed by atoms with Crippen molar-refractivity contribution in [3.05, 3.63) is 0 Å². The molecule has 3 aliphatic carbocycles. The van der Waals surface area contributed by atoms with Gasteiger partial charge in [0.1, 0.15) is 0 Å². The van der Waals surface area contributed by atoms with Crippen LogP contribution in [0.5, 0.6) is 0 Å². The second-order valence-electron chi connectivity index (χ2n) is 7.41. The van der Waals surface area contributed by atoms with Gasteiger partial charge in [-0.15, -0.1) is 0 Å². The largest absolute Gasteiger partial charge is 0.0622 e. The van der Waals surface area contributed by atoms with Gasteiger partial charge in [0.25, 0.3) is 0 Å². The molecule has 0 nitrogen and oxygen atoms in total. The molecule has 3 fully saturated rings. The summed E-state index contributed by atoms with van der Waals surface area (Å²) in [7, 11) is 0. The van der Waals surface area contributed by atoms with Crippen LogP contribution in [0.3, 0.4) is 0 Å². The normalized spacial score (nSPS) is 56.8. The zero-order chi connectivity index (χ0) is 10.8. The molecule has 0 amide bonds. The lowest BCUT2D eigenvalue weighted by atomic mass is 9.66.